The monoisotopic (exact) mass is 403 g/mol. The molecule has 4 rings (SSSR count). The molecule has 1 heterocycles. The Bertz CT molecular complexity index is 1220. The summed E-state index contributed by atoms with van der Waals surface area (Å²) in [5, 5.41) is 24.1. The molecule has 0 saturated heterocycles. The van der Waals surface area contributed by atoms with E-state index in [1.54, 1.807) is 16.8 Å². The van der Waals surface area contributed by atoms with E-state index in [4.69, 9.17) is 12.2 Å². The van der Waals surface area contributed by atoms with Crippen LogP contribution in [-0.4, -0.2) is 31.1 Å². The third-order valence-corrected chi connectivity index (χ3v) is 4.56. The second-order valence-corrected chi connectivity index (χ2v) is 6.87. The fourth-order valence-electron chi connectivity index (χ4n) is 2.87. The highest BCUT2D eigenvalue weighted by molar-refractivity contribution is 7.80. The number of thiocarbonyl (C=S) groups is 1. The first kappa shape index (κ1) is 18.6. The van der Waals surface area contributed by atoms with Crippen LogP contribution in [-0.2, 0) is 0 Å². The third kappa shape index (κ3) is 3.92. The van der Waals surface area contributed by atoms with Gasteiger partial charge in [-0.25, -0.2) is 4.68 Å². The second kappa shape index (κ2) is 7.69. The van der Waals surface area contributed by atoms with Crippen LogP contribution in [0.3, 0.4) is 0 Å². The van der Waals surface area contributed by atoms with E-state index in [0.717, 1.165) is 22.3 Å². The summed E-state index contributed by atoms with van der Waals surface area (Å²) < 4.78 is 1.61. The number of hydrogen-bond acceptors (Lipinski definition) is 5. The number of anilines is 1. The number of nitrogens with one attached hydrogen (secondary N) is 2. The summed E-state index contributed by atoms with van der Waals surface area (Å²) >= 11 is 5.21. The van der Waals surface area contributed by atoms with Crippen molar-refractivity contribution in [1.82, 2.24) is 20.3 Å². The van der Waals surface area contributed by atoms with Crippen LogP contribution in [0.25, 0.3) is 16.7 Å². The molecule has 1 amide bonds. The van der Waals surface area contributed by atoms with Gasteiger partial charge in [-0.15, -0.1) is 5.10 Å². The number of hydrogen-bond donors (Lipinski definition) is 3. The number of carbonyl (C=O) groups is 1. The number of phenolic OH excluding ortho intramolecular Hbond substituents is 1. The Morgan fingerprint density at radius 2 is 1.83 bits per heavy atom. The van der Waals surface area contributed by atoms with Gasteiger partial charge in [-0.05, 0) is 61.6 Å². The molecule has 29 heavy (non-hydrogen) atoms. The molecule has 0 radical (unpaired) electrons. The number of amides is 1. The van der Waals surface area contributed by atoms with Crippen LogP contribution in [0.2, 0.25) is 0 Å². The van der Waals surface area contributed by atoms with Crippen LogP contribution in [0.5, 0.6) is 5.75 Å². The van der Waals surface area contributed by atoms with Crippen LogP contribution < -0.4 is 10.6 Å². The number of carbonyl (C=O) groups excluding carboxylic acids is 1. The van der Waals surface area contributed by atoms with E-state index in [-0.39, 0.29) is 16.4 Å². The molecule has 7 nitrogen and oxygen atoms in total. The maximum absolute atomic E-state index is 12.7. The fourth-order valence-corrected chi connectivity index (χ4v) is 3.08. The van der Waals surface area contributed by atoms with Gasteiger partial charge in [-0.1, -0.05) is 35.0 Å². The molecule has 8 heteroatoms. The number of aromatic hydroxyl groups is 1. The Kier molecular flexibility index (Phi) is 4.92. The van der Waals surface area contributed by atoms with Gasteiger partial charge in [0.25, 0.3) is 5.91 Å². The van der Waals surface area contributed by atoms with Crippen molar-refractivity contribution in [3.05, 3.63) is 77.9 Å². The van der Waals surface area contributed by atoms with Crippen LogP contribution in [0.1, 0.15) is 15.9 Å². The van der Waals surface area contributed by atoms with Gasteiger partial charge in [0.15, 0.2) is 5.11 Å². The minimum atomic E-state index is -0.529. The second-order valence-electron chi connectivity index (χ2n) is 6.47. The van der Waals surface area contributed by atoms with Crippen molar-refractivity contribution >= 4 is 40.0 Å². The smallest absolute Gasteiger partial charge is 0.261 e. The largest absolute Gasteiger partial charge is 0.507 e. The maximum atomic E-state index is 12.7. The van der Waals surface area contributed by atoms with Gasteiger partial charge in [0.1, 0.15) is 11.3 Å². The number of para-hydroxylation sites is 1. The molecule has 0 atom stereocenters. The van der Waals surface area contributed by atoms with Gasteiger partial charge < -0.3 is 10.4 Å². The Morgan fingerprint density at radius 1 is 1.07 bits per heavy atom. The van der Waals surface area contributed by atoms with Crippen LogP contribution >= 0.6 is 12.2 Å². The van der Waals surface area contributed by atoms with Gasteiger partial charge in [-0.2, -0.15) is 0 Å². The molecule has 0 aliphatic heterocycles. The molecular weight excluding hydrogens is 386 g/mol. The number of fused-ring (bicyclic) bond motifs is 1. The van der Waals surface area contributed by atoms with E-state index in [1.165, 1.54) is 6.07 Å². The lowest BCUT2D eigenvalue weighted by molar-refractivity contribution is 0.0975. The predicted octanol–water partition coefficient (Wildman–Crippen LogP) is 3.56. The Hall–Kier alpha value is -3.78. The number of nitrogens with zero attached hydrogens (tertiary/aromatic N) is 3. The van der Waals surface area contributed by atoms with Crippen molar-refractivity contribution in [2.75, 3.05) is 5.32 Å². The molecule has 0 spiro atoms. The van der Waals surface area contributed by atoms with Crippen LogP contribution in [0, 0.1) is 6.92 Å². The van der Waals surface area contributed by atoms with Crippen molar-refractivity contribution in [2.45, 2.75) is 6.92 Å². The number of aromatic nitrogens is 3. The lowest BCUT2D eigenvalue weighted by Crippen LogP contribution is -2.34. The van der Waals surface area contributed by atoms with Gasteiger partial charge >= 0.3 is 0 Å². The van der Waals surface area contributed by atoms with Crippen molar-refractivity contribution in [2.24, 2.45) is 0 Å². The Morgan fingerprint density at radius 3 is 2.62 bits per heavy atom. The normalized spacial score (nSPS) is 10.7. The summed E-state index contributed by atoms with van der Waals surface area (Å²) in [5.41, 5.74) is 4.08. The topological polar surface area (TPSA) is 92.1 Å². The molecule has 0 aliphatic carbocycles. The number of benzene rings is 3. The van der Waals surface area contributed by atoms with Gasteiger partial charge in [0.05, 0.1) is 16.8 Å². The average Bonchev–Trinajstić information content (AvgIpc) is 3.14. The molecular formula is C21H17N5O2S. The average molecular weight is 403 g/mol. The summed E-state index contributed by atoms with van der Waals surface area (Å²) in [4.78, 5) is 12.7. The van der Waals surface area contributed by atoms with E-state index in [0.29, 0.717) is 5.69 Å². The molecule has 0 aliphatic rings. The zero-order chi connectivity index (χ0) is 20.4. The summed E-state index contributed by atoms with van der Waals surface area (Å²) in [5.74, 6) is -0.688. The first-order chi connectivity index (χ1) is 14.0. The highest BCUT2D eigenvalue weighted by Crippen LogP contribution is 2.23. The maximum Gasteiger partial charge on any atom is 0.261 e. The third-order valence-electron chi connectivity index (χ3n) is 4.36. The van der Waals surface area contributed by atoms with Gasteiger partial charge in [0.2, 0.25) is 0 Å². The van der Waals surface area contributed by atoms with Crippen molar-refractivity contribution < 1.29 is 9.90 Å². The first-order valence-corrected chi connectivity index (χ1v) is 9.25. The summed E-state index contributed by atoms with van der Waals surface area (Å²) in [6.45, 7) is 1.98. The SMILES string of the molecule is Cc1ccc(NC(=S)NC(=O)c2cc(-n3nnc4ccccc43)ccc2O)cc1. The zero-order valence-electron chi connectivity index (χ0n) is 15.5. The van der Waals surface area contributed by atoms with Crippen molar-refractivity contribution in [3.63, 3.8) is 0 Å². The molecule has 0 unspecified atom stereocenters. The minimum Gasteiger partial charge on any atom is -0.507 e. The molecule has 1 aromatic heterocycles. The predicted molar refractivity (Wildman–Crippen MR) is 115 cm³/mol. The molecule has 0 saturated carbocycles. The Balaban J connectivity index is 1.56. The minimum absolute atomic E-state index is 0.0788. The number of aryl methyl sites for hydroxylation is 1. The summed E-state index contributed by atoms with van der Waals surface area (Å²) in [6, 6.07) is 19.7. The first-order valence-electron chi connectivity index (χ1n) is 8.84. The van der Waals surface area contributed by atoms with E-state index in [1.807, 2.05) is 55.5 Å². The van der Waals surface area contributed by atoms with Crippen LogP contribution in [0.15, 0.2) is 66.7 Å². The highest BCUT2D eigenvalue weighted by atomic mass is 32.1. The summed E-state index contributed by atoms with van der Waals surface area (Å²) in [6.07, 6.45) is 0. The molecule has 0 fully saturated rings. The zero-order valence-corrected chi connectivity index (χ0v) is 16.3. The Labute approximate surface area is 172 Å². The van der Waals surface area contributed by atoms with E-state index >= 15 is 0 Å². The van der Waals surface area contributed by atoms with Gasteiger partial charge in [-0.3, -0.25) is 10.1 Å². The standard InChI is InChI=1S/C21H17N5O2S/c1-13-6-8-14(9-7-13)22-21(29)23-20(28)16-12-15(10-11-19(16)27)26-18-5-3-2-4-17(18)24-25-26/h2-12,27H,1H3,(H2,22,23,28,29). The quantitative estimate of drug-likeness (QED) is 0.453. The van der Waals surface area contributed by atoms with E-state index in [9.17, 15) is 9.90 Å². The van der Waals surface area contributed by atoms with E-state index < -0.39 is 5.91 Å². The van der Waals surface area contributed by atoms with Crippen molar-refractivity contribution in [3.8, 4) is 11.4 Å². The molecule has 144 valence electrons. The molecule has 3 aromatic carbocycles. The molecule has 0 bridgehead atoms. The number of rotatable bonds is 3. The molecule has 4 aromatic rings. The van der Waals surface area contributed by atoms with Gasteiger partial charge in [0, 0.05) is 5.69 Å². The molecule has 3 N–H and O–H groups in total. The van der Waals surface area contributed by atoms with Crippen molar-refractivity contribution in [1.29, 1.82) is 0 Å². The van der Waals surface area contributed by atoms with Crippen LogP contribution in [0.4, 0.5) is 5.69 Å². The lowest BCUT2D eigenvalue weighted by atomic mass is 10.1. The number of phenols is 1. The van der Waals surface area contributed by atoms with E-state index in [2.05, 4.69) is 20.9 Å². The fraction of sp³-hybridized carbons (Fsp3) is 0.0476. The summed E-state index contributed by atoms with van der Waals surface area (Å²) in [7, 11) is 0. The highest BCUT2D eigenvalue weighted by Gasteiger charge is 2.15. The lowest BCUT2D eigenvalue weighted by Gasteiger charge is -2.11.